The number of hydrogen-bond acceptors (Lipinski definition) is 4. The average Bonchev–Trinajstić information content (AvgIpc) is 2.67. The molecule has 0 radical (unpaired) electrons. The number of pyridine rings is 1. The van der Waals surface area contributed by atoms with Gasteiger partial charge in [-0.1, -0.05) is 26.8 Å². The van der Waals surface area contributed by atoms with Gasteiger partial charge in [0.1, 0.15) is 6.04 Å². The molecule has 2 atom stereocenters. The summed E-state index contributed by atoms with van der Waals surface area (Å²) in [6.07, 6.45) is 7.94. The van der Waals surface area contributed by atoms with Gasteiger partial charge in [0.25, 0.3) is 5.91 Å². The van der Waals surface area contributed by atoms with Crippen molar-refractivity contribution >= 4 is 17.7 Å². The van der Waals surface area contributed by atoms with E-state index in [2.05, 4.69) is 4.98 Å². The number of nitrogens with zero attached hydrogens (tertiary/aromatic N) is 2. The molecular formula is C21H30N2O4. The van der Waals surface area contributed by atoms with Crippen LogP contribution >= 0.6 is 0 Å². The molecule has 1 amide bonds. The van der Waals surface area contributed by atoms with Crippen molar-refractivity contribution in [3.63, 3.8) is 0 Å². The number of carboxylic acid groups (broad SMARTS) is 1. The molecule has 0 aromatic carbocycles. The van der Waals surface area contributed by atoms with Gasteiger partial charge in [0.05, 0.1) is 0 Å². The van der Waals surface area contributed by atoms with Crippen LogP contribution in [0.3, 0.4) is 0 Å². The highest BCUT2D eigenvalue weighted by Crippen LogP contribution is 2.31. The second-order valence-corrected chi connectivity index (χ2v) is 8.00. The summed E-state index contributed by atoms with van der Waals surface area (Å²) in [7, 11) is 0. The zero-order chi connectivity index (χ0) is 20.0. The van der Waals surface area contributed by atoms with Crippen molar-refractivity contribution in [3.05, 3.63) is 30.1 Å². The van der Waals surface area contributed by atoms with E-state index in [1.54, 1.807) is 20.0 Å². The number of Topliss-reactive ketones (excluding diaryl/α,β-unsaturated/α-hetero) is 1. The summed E-state index contributed by atoms with van der Waals surface area (Å²) in [5, 5.41) is 9.77. The first kappa shape index (κ1) is 21.1. The minimum absolute atomic E-state index is 0.130. The molecule has 1 N–H and O–H groups in total. The standard InChI is InChI=1S/C21H30N2O4/c1-4-21(2,3)18(24)19(25)23-13-7-11-16(17(23)20(26)27)10-5-8-15-9-6-12-22-14-15/h6,9,12,14,16-17H,4-5,7-8,10-11,13H2,1-3H3,(H,26,27). The third kappa shape index (κ3) is 5.15. The number of carbonyl (C=O) groups is 3. The number of ketones is 1. The van der Waals surface area contributed by atoms with E-state index in [-0.39, 0.29) is 5.92 Å². The first-order valence-electron chi connectivity index (χ1n) is 9.75. The van der Waals surface area contributed by atoms with Gasteiger partial charge < -0.3 is 10.0 Å². The van der Waals surface area contributed by atoms with Crippen LogP contribution in [0.1, 0.15) is 58.4 Å². The molecule has 1 fully saturated rings. The van der Waals surface area contributed by atoms with Gasteiger partial charge in [0, 0.05) is 24.4 Å². The lowest BCUT2D eigenvalue weighted by molar-refractivity contribution is -0.160. The molecule has 0 bridgehead atoms. The zero-order valence-electron chi connectivity index (χ0n) is 16.5. The number of aliphatic carboxylic acids is 1. The van der Waals surface area contributed by atoms with E-state index in [0.717, 1.165) is 31.2 Å². The molecule has 27 heavy (non-hydrogen) atoms. The third-order valence-electron chi connectivity index (χ3n) is 5.73. The van der Waals surface area contributed by atoms with Gasteiger partial charge in [-0.05, 0) is 56.1 Å². The third-order valence-corrected chi connectivity index (χ3v) is 5.73. The van der Waals surface area contributed by atoms with E-state index in [1.165, 1.54) is 4.90 Å². The summed E-state index contributed by atoms with van der Waals surface area (Å²) >= 11 is 0. The number of aryl methyl sites for hydroxylation is 1. The number of hydrogen-bond donors (Lipinski definition) is 1. The summed E-state index contributed by atoms with van der Waals surface area (Å²) < 4.78 is 0. The number of carbonyl (C=O) groups excluding carboxylic acids is 2. The van der Waals surface area contributed by atoms with E-state index < -0.39 is 29.1 Å². The number of rotatable bonds is 8. The number of piperidine rings is 1. The minimum Gasteiger partial charge on any atom is -0.480 e. The van der Waals surface area contributed by atoms with Crippen molar-refractivity contribution in [1.29, 1.82) is 0 Å². The highest BCUT2D eigenvalue weighted by atomic mass is 16.4. The Morgan fingerprint density at radius 2 is 2.07 bits per heavy atom. The van der Waals surface area contributed by atoms with Crippen LogP contribution in [0, 0.1) is 11.3 Å². The Bertz CT molecular complexity index is 672. The maximum absolute atomic E-state index is 12.8. The highest BCUT2D eigenvalue weighted by Gasteiger charge is 2.43. The van der Waals surface area contributed by atoms with Gasteiger partial charge in [-0.2, -0.15) is 0 Å². The van der Waals surface area contributed by atoms with Crippen molar-refractivity contribution < 1.29 is 19.5 Å². The lowest BCUT2D eigenvalue weighted by Gasteiger charge is -2.39. The van der Waals surface area contributed by atoms with E-state index in [4.69, 9.17) is 0 Å². The molecule has 1 aliphatic heterocycles. The van der Waals surface area contributed by atoms with Crippen LogP contribution < -0.4 is 0 Å². The predicted octanol–water partition coefficient (Wildman–Crippen LogP) is 3.10. The second-order valence-electron chi connectivity index (χ2n) is 8.00. The second kappa shape index (κ2) is 9.11. The van der Waals surface area contributed by atoms with E-state index in [9.17, 15) is 19.5 Å². The molecular weight excluding hydrogens is 344 g/mol. The monoisotopic (exact) mass is 374 g/mol. The van der Waals surface area contributed by atoms with Gasteiger partial charge in [0.15, 0.2) is 0 Å². The Kier molecular flexibility index (Phi) is 7.11. The molecule has 2 heterocycles. The van der Waals surface area contributed by atoms with Crippen molar-refractivity contribution in [3.8, 4) is 0 Å². The van der Waals surface area contributed by atoms with Crippen LogP contribution in [0.25, 0.3) is 0 Å². The smallest absolute Gasteiger partial charge is 0.326 e. The molecule has 6 nitrogen and oxygen atoms in total. The Hall–Kier alpha value is -2.24. The van der Waals surface area contributed by atoms with Crippen molar-refractivity contribution in [2.45, 2.75) is 65.3 Å². The first-order valence-corrected chi connectivity index (χ1v) is 9.75. The van der Waals surface area contributed by atoms with Crippen LogP contribution in [0.2, 0.25) is 0 Å². The largest absolute Gasteiger partial charge is 0.480 e. The number of aromatic nitrogens is 1. The SMILES string of the molecule is CCC(C)(C)C(=O)C(=O)N1CCCC(CCCc2cccnc2)C1C(=O)O. The Labute approximate surface area is 161 Å². The van der Waals surface area contributed by atoms with Crippen LogP contribution in [0.4, 0.5) is 0 Å². The van der Waals surface area contributed by atoms with Crippen molar-refractivity contribution in [1.82, 2.24) is 9.88 Å². The average molecular weight is 374 g/mol. The van der Waals surface area contributed by atoms with Crippen molar-refractivity contribution in [2.75, 3.05) is 6.54 Å². The summed E-state index contributed by atoms with van der Waals surface area (Å²) in [5.74, 6) is -2.29. The molecule has 2 unspecified atom stereocenters. The maximum Gasteiger partial charge on any atom is 0.326 e. The molecule has 2 rings (SSSR count). The van der Waals surface area contributed by atoms with Crippen LogP contribution in [-0.4, -0.2) is 45.2 Å². The Balaban J connectivity index is 2.07. The fraction of sp³-hybridized carbons (Fsp3) is 0.619. The predicted molar refractivity (Wildman–Crippen MR) is 102 cm³/mol. The summed E-state index contributed by atoms with van der Waals surface area (Å²) in [6.45, 7) is 5.66. The van der Waals surface area contributed by atoms with E-state index in [0.29, 0.717) is 19.4 Å². The lowest BCUT2D eigenvalue weighted by atomic mass is 9.81. The van der Waals surface area contributed by atoms with E-state index >= 15 is 0 Å². The van der Waals surface area contributed by atoms with Gasteiger partial charge in [-0.25, -0.2) is 4.79 Å². The van der Waals surface area contributed by atoms with Crippen LogP contribution in [0.15, 0.2) is 24.5 Å². The van der Waals surface area contributed by atoms with Crippen LogP contribution in [-0.2, 0) is 20.8 Å². The topological polar surface area (TPSA) is 87.6 Å². The quantitative estimate of drug-likeness (QED) is 0.707. The lowest BCUT2D eigenvalue weighted by Crippen LogP contribution is -2.56. The highest BCUT2D eigenvalue weighted by molar-refractivity contribution is 6.38. The van der Waals surface area contributed by atoms with Gasteiger partial charge >= 0.3 is 5.97 Å². The number of amides is 1. The molecule has 1 aromatic rings. The molecule has 0 aliphatic carbocycles. The van der Waals surface area contributed by atoms with Crippen molar-refractivity contribution in [2.24, 2.45) is 11.3 Å². The number of likely N-dealkylation sites (tertiary alicyclic amines) is 1. The fourth-order valence-corrected chi connectivity index (χ4v) is 3.64. The molecule has 1 aliphatic rings. The van der Waals surface area contributed by atoms with E-state index in [1.807, 2.05) is 25.3 Å². The van der Waals surface area contributed by atoms with Gasteiger partial charge in [-0.15, -0.1) is 0 Å². The maximum atomic E-state index is 12.8. The first-order chi connectivity index (χ1) is 12.8. The van der Waals surface area contributed by atoms with Crippen LogP contribution in [0.5, 0.6) is 0 Å². The van der Waals surface area contributed by atoms with Gasteiger partial charge in [-0.3, -0.25) is 14.6 Å². The molecule has 148 valence electrons. The summed E-state index contributed by atoms with van der Waals surface area (Å²) in [6, 6.07) is 2.97. The summed E-state index contributed by atoms with van der Waals surface area (Å²) in [4.78, 5) is 42.7. The summed E-state index contributed by atoms with van der Waals surface area (Å²) in [5.41, 5.74) is 0.348. The molecule has 1 saturated heterocycles. The number of carboxylic acids is 1. The molecule has 6 heteroatoms. The Morgan fingerprint density at radius 1 is 1.33 bits per heavy atom. The fourth-order valence-electron chi connectivity index (χ4n) is 3.64. The Morgan fingerprint density at radius 3 is 2.67 bits per heavy atom. The molecule has 0 saturated carbocycles. The molecule has 0 spiro atoms. The minimum atomic E-state index is -1.02. The molecule has 1 aromatic heterocycles. The zero-order valence-corrected chi connectivity index (χ0v) is 16.5. The van der Waals surface area contributed by atoms with Gasteiger partial charge in [0.2, 0.25) is 5.78 Å². The normalized spacial score (nSPS) is 20.3.